The zero-order valence-corrected chi connectivity index (χ0v) is 8.59. The molecule has 2 heterocycles. The van der Waals surface area contributed by atoms with Gasteiger partial charge >= 0.3 is 6.18 Å². The van der Waals surface area contributed by atoms with E-state index >= 15 is 0 Å². The molecule has 0 aromatic carbocycles. The molecular weight excluding hydrogens is 219 g/mol. The standard InChI is InChI=1S/C10H12F3N3/c11-10(12,13)9(1-2-9)16-6-15-5-8(16)7-3-14-4-7/h5-7,14H,1-4H2. The number of rotatable bonds is 2. The lowest BCUT2D eigenvalue weighted by molar-refractivity contribution is -0.180. The maximum Gasteiger partial charge on any atom is 0.411 e. The van der Waals surface area contributed by atoms with Crippen molar-refractivity contribution in [2.24, 2.45) is 0 Å². The highest BCUT2D eigenvalue weighted by molar-refractivity contribution is 5.19. The predicted molar refractivity (Wildman–Crippen MR) is 51.1 cm³/mol. The lowest BCUT2D eigenvalue weighted by Gasteiger charge is -2.31. The van der Waals surface area contributed by atoms with Gasteiger partial charge in [0.25, 0.3) is 0 Å². The van der Waals surface area contributed by atoms with Gasteiger partial charge in [-0.15, -0.1) is 0 Å². The summed E-state index contributed by atoms with van der Waals surface area (Å²) >= 11 is 0. The first-order valence-electron chi connectivity index (χ1n) is 5.35. The van der Waals surface area contributed by atoms with E-state index in [0.717, 1.165) is 13.1 Å². The topological polar surface area (TPSA) is 29.9 Å². The van der Waals surface area contributed by atoms with E-state index in [-0.39, 0.29) is 18.8 Å². The Balaban J connectivity index is 1.97. The molecule has 1 aromatic rings. The van der Waals surface area contributed by atoms with Gasteiger partial charge in [0.15, 0.2) is 0 Å². The number of halogens is 3. The fourth-order valence-electron chi connectivity index (χ4n) is 2.24. The minimum atomic E-state index is -4.17. The number of hydrogen-bond donors (Lipinski definition) is 1. The molecule has 0 bridgehead atoms. The molecule has 3 nitrogen and oxygen atoms in total. The first kappa shape index (κ1) is 10.1. The molecule has 1 N–H and O–H groups in total. The van der Waals surface area contributed by atoms with Gasteiger partial charge < -0.3 is 9.88 Å². The fourth-order valence-corrected chi connectivity index (χ4v) is 2.24. The molecule has 0 atom stereocenters. The number of nitrogens with zero attached hydrogens (tertiary/aromatic N) is 2. The summed E-state index contributed by atoms with van der Waals surface area (Å²) in [5.41, 5.74) is -0.942. The van der Waals surface area contributed by atoms with E-state index in [2.05, 4.69) is 10.3 Å². The summed E-state index contributed by atoms with van der Waals surface area (Å²) in [6, 6.07) is 0. The monoisotopic (exact) mass is 231 g/mol. The molecule has 6 heteroatoms. The van der Waals surface area contributed by atoms with Crippen LogP contribution in [-0.2, 0) is 5.54 Å². The molecule has 1 aliphatic carbocycles. The van der Waals surface area contributed by atoms with E-state index in [1.54, 1.807) is 6.20 Å². The Hall–Kier alpha value is -1.04. The SMILES string of the molecule is FC(F)(F)C1(n2cncc2C2CNC2)CC1. The Kier molecular flexibility index (Phi) is 1.90. The molecule has 1 saturated heterocycles. The van der Waals surface area contributed by atoms with Crippen LogP contribution in [0, 0.1) is 0 Å². The minimum Gasteiger partial charge on any atom is -0.319 e. The van der Waals surface area contributed by atoms with Crippen LogP contribution in [0.2, 0.25) is 0 Å². The van der Waals surface area contributed by atoms with Crippen molar-refractivity contribution in [2.45, 2.75) is 30.5 Å². The van der Waals surface area contributed by atoms with Gasteiger partial charge in [-0.1, -0.05) is 0 Å². The smallest absolute Gasteiger partial charge is 0.319 e. The second kappa shape index (κ2) is 3.00. The first-order valence-corrected chi connectivity index (χ1v) is 5.35. The molecule has 1 aromatic heterocycles. The minimum absolute atomic E-state index is 0.181. The van der Waals surface area contributed by atoms with E-state index < -0.39 is 11.7 Å². The third-order valence-corrected chi connectivity index (χ3v) is 3.58. The fraction of sp³-hybridized carbons (Fsp3) is 0.700. The summed E-state index contributed by atoms with van der Waals surface area (Å²) in [5.74, 6) is 0.183. The van der Waals surface area contributed by atoms with Crippen LogP contribution < -0.4 is 5.32 Å². The van der Waals surface area contributed by atoms with Crippen LogP contribution in [0.1, 0.15) is 24.5 Å². The van der Waals surface area contributed by atoms with Gasteiger partial charge in [0.1, 0.15) is 5.54 Å². The van der Waals surface area contributed by atoms with Gasteiger partial charge in [0.2, 0.25) is 0 Å². The van der Waals surface area contributed by atoms with Crippen molar-refractivity contribution in [3.05, 3.63) is 18.2 Å². The van der Waals surface area contributed by atoms with Crippen LogP contribution in [0.4, 0.5) is 13.2 Å². The van der Waals surface area contributed by atoms with Crippen LogP contribution >= 0.6 is 0 Å². The summed E-state index contributed by atoms with van der Waals surface area (Å²) in [5, 5.41) is 3.06. The molecule has 2 fully saturated rings. The van der Waals surface area contributed by atoms with E-state index in [4.69, 9.17) is 0 Å². The molecule has 88 valence electrons. The Morgan fingerprint density at radius 1 is 1.38 bits per heavy atom. The molecule has 0 radical (unpaired) electrons. The maximum absolute atomic E-state index is 13.0. The van der Waals surface area contributed by atoms with Gasteiger partial charge in [-0.05, 0) is 12.8 Å². The number of alkyl halides is 3. The summed E-state index contributed by atoms with van der Waals surface area (Å²) in [6.07, 6.45) is -0.912. The molecule has 1 saturated carbocycles. The van der Waals surface area contributed by atoms with Gasteiger partial charge in [-0.25, -0.2) is 4.98 Å². The summed E-state index contributed by atoms with van der Waals surface area (Å²) in [6.45, 7) is 1.50. The van der Waals surface area contributed by atoms with Crippen molar-refractivity contribution in [3.63, 3.8) is 0 Å². The average Bonchev–Trinajstić information content (AvgIpc) is 2.79. The number of hydrogen-bond acceptors (Lipinski definition) is 2. The van der Waals surface area contributed by atoms with E-state index in [0.29, 0.717) is 5.69 Å². The zero-order chi connectivity index (χ0) is 11.4. The normalized spacial score (nSPS) is 24.2. The van der Waals surface area contributed by atoms with E-state index in [1.807, 2.05) is 0 Å². The summed E-state index contributed by atoms with van der Waals surface area (Å²) in [4.78, 5) is 3.88. The molecule has 1 aliphatic heterocycles. The number of nitrogens with one attached hydrogen (secondary N) is 1. The Morgan fingerprint density at radius 3 is 2.50 bits per heavy atom. The second-order valence-electron chi connectivity index (χ2n) is 4.57. The second-order valence-corrected chi connectivity index (χ2v) is 4.57. The van der Waals surface area contributed by atoms with Crippen LogP contribution in [0.15, 0.2) is 12.5 Å². The Bertz CT molecular complexity index is 402. The van der Waals surface area contributed by atoms with Crippen molar-refractivity contribution in [3.8, 4) is 0 Å². The summed E-state index contributed by atoms with van der Waals surface area (Å²) in [7, 11) is 0. The molecule has 0 spiro atoms. The third-order valence-electron chi connectivity index (χ3n) is 3.58. The first-order chi connectivity index (χ1) is 7.55. The maximum atomic E-state index is 13.0. The van der Waals surface area contributed by atoms with E-state index in [9.17, 15) is 13.2 Å². The van der Waals surface area contributed by atoms with Crippen LogP contribution in [0.5, 0.6) is 0 Å². The summed E-state index contributed by atoms with van der Waals surface area (Å²) < 4.78 is 40.2. The third kappa shape index (κ3) is 1.22. The molecule has 0 unspecified atom stereocenters. The molecule has 0 amide bonds. The van der Waals surface area contributed by atoms with E-state index in [1.165, 1.54) is 10.9 Å². The van der Waals surface area contributed by atoms with Gasteiger partial charge in [-0.2, -0.15) is 13.2 Å². The number of aromatic nitrogens is 2. The highest BCUT2D eigenvalue weighted by Gasteiger charge is 2.65. The van der Waals surface area contributed by atoms with Crippen molar-refractivity contribution in [2.75, 3.05) is 13.1 Å². The zero-order valence-electron chi connectivity index (χ0n) is 8.59. The Morgan fingerprint density at radius 2 is 2.06 bits per heavy atom. The average molecular weight is 231 g/mol. The van der Waals surface area contributed by atoms with Gasteiger partial charge in [-0.3, -0.25) is 0 Å². The van der Waals surface area contributed by atoms with Crippen molar-refractivity contribution in [1.82, 2.24) is 14.9 Å². The lowest BCUT2D eigenvalue weighted by Crippen LogP contribution is -2.43. The van der Waals surface area contributed by atoms with Crippen LogP contribution in [0.25, 0.3) is 0 Å². The van der Waals surface area contributed by atoms with Gasteiger partial charge in [0, 0.05) is 30.9 Å². The van der Waals surface area contributed by atoms with Crippen molar-refractivity contribution >= 4 is 0 Å². The molecule has 3 rings (SSSR count). The quantitative estimate of drug-likeness (QED) is 0.838. The van der Waals surface area contributed by atoms with Crippen molar-refractivity contribution < 1.29 is 13.2 Å². The van der Waals surface area contributed by atoms with Crippen LogP contribution in [-0.4, -0.2) is 28.8 Å². The van der Waals surface area contributed by atoms with Crippen LogP contribution in [0.3, 0.4) is 0 Å². The highest BCUT2D eigenvalue weighted by atomic mass is 19.4. The largest absolute Gasteiger partial charge is 0.411 e. The van der Waals surface area contributed by atoms with Gasteiger partial charge in [0.05, 0.1) is 6.33 Å². The highest BCUT2D eigenvalue weighted by Crippen LogP contribution is 2.56. The molecule has 16 heavy (non-hydrogen) atoms. The predicted octanol–water partition coefficient (Wildman–Crippen LogP) is 1.62. The lowest BCUT2D eigenvalue weighted by atomic mass is 9.99. The number of imidazole rings is 1. The molecule has 2 aliphatic rings. The van der Waals surface area contributed by atoms with Crippen molar-refractivity contribution in [1.29, 1.82) is 0 Å². The molecular formula is C10H12F3N3. The Labute approximate surface area is 90.7 Å².